The van der Waals surface area contributed by atoms with Crippen molar-refractivity contribution in [3.63, 3.8) is 0 Å². The van der Waals surface area contributed by atoms with Crippen molar-refractivity contribution in [2.75, 3.05) is 5.32 Å². The molecule has 106 valence electrons. The van der Waals surface area contributed by atoms with Gasteiger partial charge in [0.25, 0.3) is 0 Å². The molecule has 0 unspecified atom stereocenters. The summed E-state index contributed by atoms with van der Waals surface area (Å²) in [5, 5.41) is 4.59. The summed E-state index contributed by atoms with van der Waals surface area (Å²) in [5.74, 6) is 1.71. The standard InChI is InChI=1S/C17H18N4/c1-11-6-13-8-14(4-5-16(13)20-11)21-17-9-15(18-10-19-17)7-12-2-3-12/h4-6,8-10,12,20H,2-3,7H2,1H3,(H,18,19,21). The first-order chi connectivity index (χ1) is 10.3. The molecule has 1 saturated carbocycles. The highest BCUT2D eigenvalue weighted by Crippen LogP contribution is 2.32. The molecule has 1 aliphatic carbocycles. The first-order valence-electron chi connectivity index (χ1n) is 7.43. The minimum Gasteiger partial charge on any atom is -0.359 e. The van der Waals surface area contributed by atoms with Gasteiger partial charge in [-0.15, -0.1) is 0 Å². The zero-order valence-electron chi connectivity index (χ0n) is 12.1. The fourth-order valence-corrected chi connectivity index (χ4v) is 2.70. The number of rotatable bonds is 4. The molecule has 0 amide bonds. The Morgan fingerprint density at radius 1 is 1.19 bits per heavy atom. The molecular weight excluding hydrogens is 260 g/mol. The van der Waals surface area contributed by atoms with E-state index in [1.165, 1.54) is 23.9 Å². The number of anilines is 2. The summed E-state index contributed by atoms with van der Waals surface area (Å²) in [7, 11) is 0. The van der Waals surface area contributed by atoms with Crippen LogP contribution in [-0.2, 0) is 6.42 Å². The van der Waals surface area contributed by atoms with Crippen LogP contribution in [0.2, 0.25) is 0 Å². The summed E-state index contributed by atoms with van der Waals surface area (Å²) < 4.78 is 0. The number of nitrogens with one attached hydrogen (secondary N) is 2. The summed E-state index contributed by atoms with van der Waals surface area (Å²) in [5.41, 5.74) is 4.53. The lowest BCUT2D eigenvalue weighted by atomic mass is 10.2. The maximum atomic E-state index is 4.36. The Bertz CT molecular complexity index is 786. The van der Waals surface area contributed by atoms with Crippen molar-refractivity contribution in [2.45, 2.75) is 26.2 Å². The maximum absolute atomic E-state index is 4.36. The zero-order valence-corrected chi connectivity index (χ0v) is 12.1. The topological polar surface area (TPSA) is 53.6 Å². The number of aromatic amines is 1. The molecule has 2 N–H and O–H groups in total. The smallest absolute Gasteiger partial charge is 0.133 e. The van der Waals surface area contributed by atoms with Crippen LogP contribution in [-0.4, -0.2) is 15.0 Å². The lowest BCUT2D eigenvalue weighted by Crippen LogP contribution is -1.98. The van der Waals surface area contributed by atoms with E-state index in [2.05, 4.69) is 57.5 Å². The van der Waals surface area contributed by atoms with Gasteiger partial charge in [0.2, 0.25) is 0 Å². The Morgan fingerprint density at radius 3 is 2.95 bits per heavy atom. The first kappa shape index (κ1) is 12.4. The Labute approximate surface area is 123 Å². The van der Waals surface area contributed by atoms with Crippen LogP contribution < -0.4 is 5.32 Å². The first-order valence-corrected chi connectivity index (χ1v) is 7.43. The van der Waals surface area contributed by atoms with Gasteiger partial charge < -0.3 is 10.3 Å². The van der Waals surface area contributed by atoms with Gasteiger partial charge >= 0.3 is 0 Å². The average Bonchev–Trinajstić information content (AvgIpc) is 3.18. The van der Waals surface area contributed by atoms with Crippen molar-refractivity contribution >= 4 is 22.4 Å². The second-order valence-corrected chi connectivity index (χ2v) is 5.92. The van der Waals surface area contributed by atoms with E-state index in [-0.39, 0.29) is 0 Å². The molecule has 1 aromatic carbocycles. The monoisotopic (exact) mass is 278 g/mol. The molecule has 0 spiro atoms. The molecule has 1 aliphatic rings. The van der Waals surface area contributed by atoms with Gasteiger partial charge in [0.15, 0.2) is 0 Å². The zero-order chi connectivity index (χ0) is 14.2. The Kier molecular flexibility index (Phi) is 2.88. The Morgan fingerprint density at radius 2 is 2.10 bits per heavy atom. The normalized spacial score (nSPS) is 14.5. The van der Waals surface area contributed by atoms with Gasteiger partial charge in [-0.05, 0) is 56.4 Å². The quantitative estimate of drug-likeness (QED) is 0.759. The molecule has 0 atom stereocenters. The molecule has 0 aliphatic heterocycles. The van der Waals surface area contributed by atoms with Crippen LogP contribution >= 0.6 is 0 Å². The van der Waals surface area contributed by atoms with Crippen LogP contribution in [0, 0.1) is 12.8 Å². The van der Waals surface area contributed by atoms with E-state index in [1.54, 1.807) is 6.33 Å². The largest absolute Gasteiger partial charge is 0.359 e. The van der Waals surface area contributed by atoms with Gasteiger partial charge in [-0.1, -0.05) is 0 Å². The predicted molar refractivity (Wildman–Crippen MR) is 84.8 cm³/mol. The molecule has 4 rings (SSSR count). The summed E-state index contributed by atoms with van der Waals surface area (Å²) in [6.07, 6.45) is 5.42. The highest BCUT2D eigenvalue weighted by atomic mass is 15.0. The third kappa shape index (κ3) is 2.75. The number of benzene rings is 1. The summed E-state index contributed by atoms with van der Waals surface area (Å²) in [6, 6.07) is 10.5. The van der Waals surface area contributed by atoms with E-state index in [1.807, 2.05) is 0 Å². The van der Waals surface area contributed by atoms with E-state index in [9.17, 15) is 0 Å². The van der Waals surface area contributed by atoms with Crippen LogP contribution in [0.15, 0.2) is 36.7 Å². The number of aryl methyl sites for hydroxylation is 1. The summed E-state index contributed by atoms with van der Waals surface area (Å²) in [4.78, 5) is 12.0. The number of aromatic nitrogens is 3. The van der Waals surface area contributed by atoms with Gasteiger partial charge in [-0.3, -0.25) is 0 Å². The molecule has 4 nitrogen and oxygen atoms in total. The second kappa shape index (κ2) is 4.88. The van der Waals surface area contributed by atoms with Crippen molar-refractivity contribution in [3.8, 4) is 0 Å². The van der Waals surface area contributed by atoms with E-state index in [0.29, 0.717) is 0 Å². The number of hydrogen-bond acceptors (Lipinski definition) is 3. The van der Waals surface area contributed by atoms with Gasteiger partial charge in [-0.2, -0.15) is 0 Å². The van der Waals surface area contributed by atoms with Gasteiger partial charge in [0.05, 0.1) is 0 Å². The highest BCUT2D eigenvalue weighted by Gasteiger charge is 2.22. The van der Waals surface area contributed by atoms with E-state index < -0.39 is 0 Å². The fourth-order valence-electron chi connectivity index (χ4n) is 2.70. The van der Waals surface area contributed by atoms with Crippen molar-refractivity contribution in [2.24, 2.45) is 5.92 Å². The van der Waals surface area contributed by atoms with Crippen LogP contribution in [0.3, 0.4) is 0 Å². The lowest BCUT2D eigenvalue weighted by Gasteiger charge is -2.07. The fraction of sp³-hybridized carbons (Fsp3) is 0.294. The van der Waals surface area contributed by atoms with Crippen molar-refractivity contribution in [3.05, 3.63) is 48.0 Å². The number of nitrogens with zero attached hydrogens (tertiary/aromatic N) is 2. The molecule has 21 heavy (non-hydrogen) atoms. The van der Waals surface area contributed by atoms with E-state index in [0.717, 1.165) is 35.1 Å². The van der Waals surface area contributed by atoms with E-state index >= 15 is 0 Å². The molecule has 2 heterocycles. The number of H-pyrrole nitrogens is 1. The van der Waals surface area contributed by atoms with Crippen molar-refractivity contribution < 1.29 is 0 Å². The van der Waals surface area contributed by atoms with Crippen LogP contribution in [0.4, 0.5) is 11.5 Å². The van der Waals surface area contributed by atoms with Crippen LogP contribution in [0.5, 0.6) is 0 Å². The van der Waals surface area contributed by atoms with Crippen LogP contribution in [0.25, 0.3) is 10.9 Å². The highest BCUT2D eigenvalue weighted by molar-refractivity contribution is 5.84. The number of hydrogen-bond donors (Lipinski definition) is 2. The Hall–Kier alpha value is -2.36. The molecule has 3 aromatic rings. The SMILES string of the molecule is Cc1cc2cc(Nc3cc(CC4CC4)ncn3)ccc2[nH]1. The minimum atomic E-state index is 0.840. The lowest BCUT2D eigenvalue weighted by molar-refractivity contribution is 0.799. The van der Waals surface area contributed by atoms with Crippen molar-refractivity contribution in [1.82, 2.24) is 15.0 Å². The molecule has 0 saturated heterocycles. The second-order valence-electron chi connectivity index (χ2n) is 5.92. The van der Waals surface area contributed by atoms with Gasteiger partial charge in [0.1, 0.15) is 12.1 Å². The third-order valence-electron chi connectivity index (χ3n) is 3.95. The predicted octanol–water partition coefficient (Wildman–Crippen LogP) is 3.96. The van der Waals surface area contributed by atoms with Crippen molar-refractivity contribution in [1.29, 1.82) is 0 Å². The Balaban J connectivity index is 1.57. The average molecular weight is 278 g/mol. The molecule has 2 aromatic heterocycles. The summed E-state index contributed by atoms with van der Waals surface area (Å²) in [6.45, 7) is 2.07. The summed E-state index contributed by atoms with van der Waals surface area (Å²) >= 11 is 0. The third-order valence-corrected chi connectivity index (χ3v) is 3.95. The molecule has 0 radical (unpaired) electrons. The van der Waals surface area contributed by atoms with E-state index in [4.69, 9.17) is 0 Å². The number of fused-ring (bicyclic) bond motifs is 1. The minimum absolute atomic E-state index is 0.840. The van der Waals surface area contributed by atoms with Gasteiger partial charge in [0, 0.05) is 34.0 Å². The molecular formula is C17H18N4. The van der Waals surface area contributed by atoms with Gasteiger partial charge in [-0.25, -0.2) is 9.97 Å². The molecule has 0 bridgehead atoms. The van der Waals surface area contributed by atoms with Crippen LogP contribution in [0.1, 0.15) is 24.2 Å². The maximum Gasteiger partial charge on any atom is 0.133 e. The molecule has 4 heteroatoms. The molecule has 1 fully saturated rings.